The predicted molar refractivity (Wildman–Crippen MR) is 108 cm³/mol. The van der Waals surface area contributed by atoms with E-state index >= 15 is 0 Å². The third kappa shape index (κ3) is 3.05. The number of fused-ring (bicyclic) bond motifs is 2. The van der Waals surface area contributed by atoms with Gasteiger partial charge in [0.25, 0.3) is 0 Å². The molecule has 0 bridgehead atoms. The Labute approximate surface area is 160 Å². The maximum absolute atomic E-state index is 11.2. The third-order valence-electron chi connectivity index (χ3n) is 6.18. The summed E-state index contributed by atoms with van der Waals surface area (Å²) in [6.07, 6.45) is 4.57. The minimum Gasteiger partial charge on any atom is -0.488 e. The molecule has 1 N–H and O–H groups in total. The summed E-state index contributed by atoms with van der Waals surface area (Å²) in [6, 6.07) is 11.9. The van der Waals surface area contributed by atoms with Crippen molar-refractivity contribution in [2.24, 2.45) is 0 Å². The molecule has 2 aliphatic rings. The zero-order valence-electron chi connectivity index (χ0n) is 16.4. The van der Waals surface area contributed by atoms with Crippen LogP contribution in [0.2, 0.25) is 0 Å². The Morgan fingerprint density at radius 2 is 1.70 bits per heavy atom. The summed E-state index contributed by atoms with van der Waals surface area (Å²) < 4.78 is 5.73. The molecule has 2 aromatic rings. The number of hydrogen-bond acceptors (Lipinski definition) is 2. The average molecular weight is 362 g/mol. The topological polar surface area (TPSA) is 46.5 Å². The van der Waals surface area contributed by atoms with Crippen LogP contribution in [0.4, 0.5) is 0 Å². The standard InChI is InChI=1S/C24H26O3/c1-23(2)9-10-24(3,4)20-12-15(5-8-19(20)23)11-17-14-27-21-13-16(22(25)26)6-7-18(17)21/h5-8,11-13H,9-10,14H2,1-4H3,(H,25,26)/b17-11+. The van der Waals surface area contributed by atoms with Gasteiger partial charge in [-0.3, -0.25) is 0 Å². The molecule has 2 aromatic carbocycles. The Bertz CT molecular complexity index is 964. The number of rotatable bonds is 2. The fourth-order valence-electron chi connectivity index (χ4n) is 4.29. The number of ether oxygens (including phenoxy) is 1. The molecule has 0 saturated carbocycles. The maximum atomic E-state index is 11.2. The van der Waals surface area contributed by atoms with E-state index in [1.54, 1.807) is 12.1 Å². The first-order valence-electron chi connectivity index (χ1n) is 9.53. The largest absolute Gasteiger partial charge is 0.488 e. The number of aromatic carboxylic acids is 1. The lowest BCUT2D eigenvalue weighted by Gasteiger charge is -2.42. The number of carboxylic acid groups (broad SMARTS) is 1. The summed E-state index contributed by atoms with van der Waals surface area (Å²) in [5.41, 5.74) is 6.80. The molecule has 0 atom stereocenters. The average Bonchev–Trinajstić information content (AvgIpc) is 3.01. The molecule has 1 heterocycles. The summed E-state index contributed by atoms with van der Waals surface area (Å²) in [6.45, 7) is 9.81. The summed E-state index contributed by atoms with van der Waals surface area (Å²) >= 11 is 0. The van der Waals surface area contributed by atoms with E-state index in [2.05, 4.69) is 52.0 Å². The van der Waals surface area contributed by atoms with E-state index in [-0.39, 0.29) is 16.4 Å². The second kappa shape index (κ2) is 5.98. The quantitative estimate of drug-likeness (QED) is 0.749. The van der Waals surface area contributed by atoms with Crippen LogP contribution in [0.5, 0.6) is 5.75 Å². The molecule has 1 aliphatic heterocycles. The molecule has 0 unspecified atom stereocenters. The highest BCUT2D eigenvalue weighted by molar-refractivity contribution is 5.92. The van der Waals surface area contributed by atoms with Gasteiger partial charge < -0.3 is 9.84 Å². The van der Waals surface area contributed by atoms with Crippen molar-refractivity contribution in [1.29, 1.82) is 0 Å². The molecule has 3 heteroatoms. The highest BCUT2D eigenvalue weighted by Crippen LogP contribution is 2.46. The van der Waals surface area contributed by atoms with Gasteiger partial charge in [-0.1, -0.05) is 45.9 Å². The van der Waals surface area contributed by atoms with Crippen molar-refractivity contribution < 1.29 is 14.6 Å². The van der Waals surface area contributed by atoms with E-state index < -0.39 is 5.97 Å². The molecule has 0 amide bonds. The van der Waals surface area contributed by atoms with E-state index in [0.29, 0.717) is 12.4 Å². The molecule has 4 rings (SSSR count). The van der Waals surface area contributed by atoms with Crippen molar-refractivity contribution in [3.05, 3.63) is 64.2 Å². The Hall–Kier alpha value is -2.55. The third-order valence-corrected chi connectivity index (χ3v) is 6.18. The summed E-state index contributed by atoms with van der Waals surface area (Å²) in [7, 11) is 0. The Balaban J connectivity index is 1.74. The molecule has 0 fully saturated rings. The monoisotopic (exact) mass is 362 g/mol. The van der Waals surface area contributed by atoms with E-state index in [1.165, 1.54) is 29.5 Å². The van der Waals surface area contributed by atoms with Crippen molar-refractivity contribution in [1.82, 2.24) is 0 Å². The fourth-order valence-corrected chi connectivity index (χ4v) is 4.29. The Morgan fingerprint density at radius 1 is 1.00 bits per heavy atom. The van der Waals surface area contributed by atoms with Gasteiger partial charge in [0.2, 0.25) is 0 Å². The second-order valence-corrected chi connectivity index (χ2v) is 9.05. The molecule has 3 nitrogen and oxygen atoms in total. The molecule has 0 aromatic heterocycles. The van der Waals surface area contributed by atoms with Gasteiger partial charge in [-0.05, 0) is 64.6 Å². The highest BCUT2D eigenvalue weighted by Gasteiger charge is 2.36. The lowest BCUT2D eigenvalue weighted by Crippen LogP contribution is -2.33. The number of carbonyl (C=O) groups is 1. The SMILES string of the molecule is CC1(C)CCC(C)(C)c2cc(/C=C3\COc4cc(C(=O)O)ccc43)ccc21. The molecule has 0 saturated heterocycles. The minimum absolute atomic E-state index is 0.180. The van der Waals surface area contributed by atoms with Gasteiger partial charge in [-0.2, -0.15) is 0 Å². The normalized spacial score (nSPS) is 20.7. The van der Waals surface area contributed by atoms with E-state index in [9.17, 15) is 4.79 Å². The van der Waals surface area contributed by atoms with Crippen molar-refractivity contribution in [2.45, 2.75) is 51.4 Å². The first-order chi connectivity index (χ1) is 12.7. The molecule has 140 valence electrons. The fraction of sp³-hybridized carbons (Fsp3) is 0.375. The Kier molecular flexibility index (Phi) is 3.95. The highest BCUT2D eigenvalue weighted by atomic mass is 16.5. The van der Waals surface area contributed by atoms with Crippen LogP contribution in [-0.4, -0.2) is 17.7 Å². The Morgan fingerprint density at radius 3 is 2.41 bits per heavy atom. The number of benzene rings is 2. The smallest absolute Gasteiger partial charge is 0.335 e. The zero-order valence-corrected chi connectivity index (χ0v) is 16.4. The van der Waals surface area contributed by atoms with Crippen molar-refractivity contribution in [3.63, 3.8) is 0 Å². The van der Waals surface area contributed by atoms with Crippen LogP contribution in [-0.2, 0) is 10.8 Å². The first kappa shape index (κ1) is 17.8. The minimum atomic E-state index is -0.932. The zero-order chi connectivity index (χ0) is 19.4. The van der Waals surface area contributed by atoms with Gasteiger partial charge >= 0.3 is 5.97 Å². The lowest BCUT2D eigenvalue weighted by atomic mass is 9.63. The molecule has 27 heavy (non-hydrogen) atoms. The van der Waals surface area contributed by atoms with Crippen LogP contribution < -0.4 is 4.74 Å². The maximum Gasteiger partial charge on any atom is 0.335 e. The van der Waals surface area contributed by atoms with E-state index in [0.717, 1.165) is 11.1 Å². The van der Waals surface area contributed by atoms with Crippen LogP contribution in [0.15, 0.2) is 36.4 Å². The molecular weight excluding hydrogens is 336 g/mol. The number of hydrogen-bond donors (Lipinski definition) is 1. The van der Waals surface area contributed by atoms with Crippen molar-refractivity contribution in [2.75, 3.05) is 6.61 Å². The first-order valence-corrected chi connectivity index (χ1v) is 9.53. The van der Waals surface area contributed by atoms with Crippen molar-refractivity contribution in [3.8, 4) is 5.75 Å². The molecule has 0 spiro atoms. The van der Waals surface area contributed by atoms with Crippen LogP contribution in [0.1, 0.15) is 73.1 Å². The van der Waals surface area contributed by atoms with Crippen LogP contribution >= 0.6 is 0 Å². The predicted octanol–water partition coefficient (Wildman–Crippen LogP) is 5.67. The van der Waals surface area contributed by atoms with Gasteiger partial charge in [0, 0.05) is 11.1 Å². The molecule has 0 radical (unpaired) electrons. The van der Waals surface area contributed by atoms with Crippen LogP contribution in [0.3, 0.4) is 0 Å². The second-order valence-electron chi connectivity index (χ2n) is 9.05. The van der Waals surface area contributed by atoms with Gasteiger partial charge in [0.15, 0.2) is 0 Å². The van der Waals surface area contributed by atoms with Gasteiger partial charge in [-0.15, -0.1) is 0 Å². The summed E-state index contributed by atoms with van der Waals surface area (Å²) in [5.74, 6) is -0.279. The van der Waals surface area contributed by atoms with Crippen LogP contribution in [0.25, 0.3) is 11.6 Å². The summed E-state index contributed by atoms with van der Waals surface area (Å²) in [4.78, 5) is 11.2. The van der Waals surface area contributed by atoms with Gasteiger partial charge in [-0.25, -0.2) is 4.79 Å². The van der Waals surface area contributed by atoms with E-state index in [4.69, 9.17) is 9.84 Å². The van der Waals surface area contributed by atoms with Gasteiger partial charge in [0.05, 0.1) is 5.56 Å². The summed E-state index contributed by atoms with van der Waals surface area (Å²) in [5, 5.41) is 9.15. The lowest BCUT2D eigenvalue weighted by molar-refractivity contribution is 0.0696. The van der Waals surface area contributed by atoms with Gasteiger partial charge in [0.1, 0.15) is 12.4 Å². The number of carboxylic acids is 1. The van der Waals surface area contributed by atoms with Crippen LogP contribution in [0, 0.1) is 0 Å². The van der Waals surface area contributed by atoms with E-state index in [1.807, 2.05) is 6.07 Å². The molecular formula is C24H26O3. The molecule has 1 aliphatic carbocycles. The van der Waals surface area contributed by atoms with Crippen molar-refractivity contribution >= 4 is 17.6 Å².